The molecular formula is C10H17KO4. The summed E-state index contributed by atoms with van der Waals surface area (Å²) in [4.78, 5) is 21.0. The van der Waals surface area contributed by atoms with Crippen molar-refractivity contribution in [2.75, 3.05) is 0 Å². The van der Waals surface area contributed by atoms with Gasteiger partial charge in [0.1, 0.15) is 6.10 Å². The fourth-order valence-corrected chi connectivity index (χ4v) is 1.18. The summed E-state index contributed by atoms with van der Waals surface area (Å²) >= 11 is 0. The summed E-state index contributed by atoms with van der Waals surface area (Å²) in [6, 6.07) is 0. The van der Waals surface area contributed by atoms with Gasteiger partial charge in [-0.1, -0.05) is 26.2 Å². The van der Waals surface area contributed by atoms with E-state index >= 15 is 0 Å². The van der Waals surface area contributed by atoms with Crippen molar-refractivity contribution in [3.05, 3.63) is 0 Å². The first-order valence-corrected chi connectivity index (χ1v) is 4.96. The zero-order chi connectivity index (χ0) is 11.0. The fraction of sp³-hybridized carbons (Fsp3) is 0.800. The predicted molar refractivity (Wildman–Crippen MR) is 49.3 cm³/mol. The van der Waals surface area contributed by atoms with E-state index in [-0.39, 0.29) is 51.4 Å². The molecule has 0 aromatic rings. The van der Waals surface area contributed by atoms with Crippen LogP contribution in [-0.4, -0.2) is 18.0 Å². The van der Waals surface area contributed by atoms with Crippen LogP contribution in [0, 0.1) is 0 Å². The number of unbranched alkanes of at least 4 members (excludes halogenated alkanes) is 3. The molecule has 0 bridgehead atoms. The van der Waals surface area contributed by atoms with Gasteiger partial charge in [0.2, 0.25) is 0 Å². The molecule has 0 amide bonds. The smallest absolute Gasteiger partial charge is 0.546 e. The molecule has 1 unspecified atom stereocenters. The van der Waals surface area contributed by atoms with Crippen molar-refractivity contribution < 1.29 is 70.8 Å². The molecular weight excluding hydrogens is 223 g/mol. The Hall–Kier alpha value is 0.576. The second-order valence-corrected chi connectivity index (χ2v) is 3.27. The number of carbonyl (C=O) groups is 2. The van der Waals surface area contributed by atoms with Crippen LogP contribution in [0.4, 0.5) is 0 Å². The Labute approximate surface area is 133 Å². The first-order valence-electron chi connectivity index (χ1n) is 4.96. The van der Waals surface area contributed by atoms with E-state index in [2.05, 4.69) is 11.7 Å². The molecule has 0 aliphatic heterocycles. The zero-order valence-electron chi connectivity index (χ0n) is 9.75. The minimum Gasteiger partial charge on any atom is -0.546 e. The van der Waals surface area contributed by atoms with Gasteiger partial charge in [0.05, 0.1) is 5.97 Å². The molecule has 0 fully saturated rings. The van der Waals surface area contributed by atoms with Crippen LogP contribution >= 0.6 is 0 Å². The molecule has 0 radical (unpaired) electrons. The van der Waals surface area contributed by atoms with Crippen molar-refractivity contribution in [3.8, 4) is 0 Å². The van der Waals surface area contributed by atoms with Gasteiger partial charge in [-0.05, 0) is 12.8 Å². The number of aliphatic carboxylic acids is 1. The van der Waals surface area contributed by atoms with Crippen molar-refractivity contribution in [2.45, 2.75) is 52.1 Å². The molecule has 0 aromatic heterocycles. The van der Waals surface area contributed by atoms with Gasteiger partial charge in [-0.3, -0.25) is 4.79 Å². The molecule has 82 valence electrons. The minimum absolute atomic E-state index is 0. The maximum atomic E-state index is 10.5. The molecule has 0 rings (SSSR count). The SMILES string of the molecule is CCCCCCC(OC(C)=O)C(=O)[O-].[K+]. The largest absolute Gasteiger partial charge is 1.00 e. The van der Waals surface area contributed by atoms with Gasteiger partial charge in [-0.15, -0.1) is 0 Å². The van der Waals surface area contributed by atoms with E-state index in [0.717, 1.165) is 25.7 Å². The first-order chi connectivity index (χ1) is 6.57. The number of carboxylic acids is 1. The van der Waals surface area contributed by atoms with Crippen LogP contribution in [0.2, 0.25) is 0 Å². The van der Waals surface area contributed by atoms with Crippen molar-refractivity contribution in [1.29, 1.82) is 0 Å². The van der Waals surface area contributed by atoms with Gasteiger partial charge in [0.15, 0.2) is 0 Å². The van der Waals surface area contributed by atoms with Gasteiger partial charge < -0.3 is 14.6 Å². The second-order valence-electron chi connectivity index (χ2n) is 3.27. The van der Waals surface area contributed by atoms with Crippen LogP contribution in [0.25, 0.3) is 0 Å². The maximum Gasteiger partial charge on any atom is 1.00 e. The molecule has 1 atom stereocenters. The van der Waals surface area contributed by atoms with Crippen LogP contribution in [0.5, 0.6) is 0 Å². The molecule has 0 aliphatic carbocycles. The predicted octanol–water partition coefficient (Wildman–Crippen LogP) is -2.36. The molecule has 15 heavy (non-hydrogen) atoms. The number of esters is 1. The Morgan fingerprint density at radius 1 is 1.27 bits per heavy atom. The Bertz CT molecular complexity index is 194. The van der Waals surface area contributed by atoms with Gasteiger partial charge in [-0.2, -0.15) is 0 Å². The third-order valence-electron chi connectivity index (χ3n) is 1.89. The first kappa shape index (κ1) is 18.0. The number of ether oxygens (including phenoxy) is 1. The summed E-state index contributed by atoms with van der Waals surface area (Å²) in [7, 11) is 0. The standard InChI is InChI=1S/C10H18O4.K/c1-3-4-5-6-7-9(10(12)13)14-8(2)11;/h9H,3-7H2,1-2H3,(H,12,13);/q;+1/p-1. The Morgan fingerprint density at radius 3 is 2.27 bits per heavy atom. The van der Waals surface area contributed by atoms with E-state index in [1.54, 1.807) is 0 Å². The summed E-state index contributed by atoms with van der Waals surface area (Å²) in [6.07, 6.45) is 3.14. The quantitative estimate of drug-likeness (QED) is 0.284. The number of carboxylic acid groups (broad SMARTS) is 1. The monoisotopic (exact) mass is 240 g/mol. The summed E-state index contributed by atoms with van der Waals surface area (Å²) in [5.41, 5.74) is 0. The molecule has 0 saturated heterocycles. The number of hydrogen-bond acceptors (Lipinski definition) is 4. The summed E-state index contributed by atoms with van der Waals surface area (Å²) in [5, 5.41) is 10.5. The molecule has 0 aromatic carbocycles. The van der Waals surface area contributed by atoms with E-state index in [9.17, 15) is 14.7 Å². The number of hydrogen-bond donors (Lipinski definition) is 0. The average Bonchev–Trinajstić information content (AvgIpc) is 2.09. The van der Waals surface area contributed by atoms with Crippen molar-refractivity contribution >= 4 is 11.9 Å². The Balaban J connectivity index is 0. The van der Waals surface area contributed by atoms with E-state index in [4.69, 9.17) is 0 Å². The third-order valence-corrected chi connectivity index (χ3v) is 1.89. The van der Waals surface area contributed by atoms with Crippen molar-refractivity contribution in [3.63, 3.8) is 0 Å². The van der Waals surface area contributed by atoms with E-state index in [0.29, 0.717) is 6.42 Å². The molecule has 0 aliphatic rings. The number of carbonyl (C=O) groups excluding carboxylic acids is 2. The van der Waals surface area contributed by atoms with E-state index in [1.165, 1.54) is 6.92 Å². The molecule has 4 nitrogen and oxygen atoms in total. The molecule has 0 spiro atoms. The van der Waals surface area contributed by atoms with Gasteiger partial charge in [-0.25, -0.2) is 0 Å². The Kier molecular flexibility index (Phi) is 13.3. The summed E-state index contributed by atoms with van der Waals surface area (Å²) in [5.74, 6) is -1.88. The summed E-state index contributed by atoms with van der Waals surface area (Å²) in [6.45, 7) is 3.27. The van der Waals surface area contributed by atoms with Crippen molar-refractivity contribution in [1.82, 2.24) is 0 Å². The van der Waals surface area contributed by atoms with Crippen LogP contribution in [0.3, 0.4) is 0 Å². The van der Waals surface area contributed by atoms with Crippen LogP contribution < -0.4 is 56.5 Å². The molecule has 5 heteroatoms. The topological polar surface area (TPSA) is 66.4 Å². The molecule has 0 N–H and O–H groups in total. The molecule has 0 saturated carbocycles. The van der Waals surface area contributed by atoms with E-state index in [1.807, 2.05) is 0 Å². The van der Waals surface area contributed by atoms with Crippen LogP contribution in [0.1, 0.15) is 46.0 Å². The van der Waals surface area contributed by atoms with E-state index < -0.39 is 18.0 Å². The van der Waals surface area contributed by atoms with Crippen LogP contribution in [0.15, 0.2) is 0 Å². The number of rotatable bonds is 7. The molecule has 0 heterocycles. The minimum atomic E-state index is -1.31. The Morgan fingerprint density at radius 2 is 1.87 bits per heavy atom. The fourth-order valence-electron chi connectivity index (χ4n) is 1.18. The second kappa shape index (κ2) is 11.1. The van der Waals surface area contributed by atoms with Crippen LogP contribution in [-0.2, 0) is 14.3 Å². The van der Waals surface area contributed by atoms with Crippen molar-refractivity contribution in [2.24, 2.45) is 0 Å². The maximum absolute atomic E-state index is 10.5. The van der Waals surface area contributed by atoms with Gasteiger partial charge in [0, 0.05) is 6.92 Å². The summed E-state index contributed by atoms with van der Waals surface area (Å²) < 4.78 is 4.59. The average molecular weight is 240 g/mol. The normalized spacial score (nSPS) is 11.3. The van der Waals surface area contributed by atoms with Gasteiger partial charge >= 0.3 is 57.4 Å². The van der Waals surface area contributed by atoms with Gasteiger partial charge in [0.25, 0.3) is 0 Å². The zero-order valence-corrected chi connectivity index (χ0v) is 12.9. The third kappa shape index (κ3) is 10.9.